The van der Waals surface area contributed by atoms with Crippen LogP contribution in [-0.4, -0.2) is 4.98 Å². The summed E-state index contributed by atoms with van der Waals surface area (Å²) >= 11 is 6.10. The van der Waals surface area contributed by atoms with Crippen LogP contribution in [0.5, 0.6) is 0 Å². The van der Waals surface area contributed by atoms with Crippen LogP contribution in [0.4, 0.5) is 0 Å². The zero-order chi connectivity index (χ0) is 11.0. The van der Waals surface area contributed by atoms with E-state index in [2.05, 4.69) is 4.98 Å². The third kappa shape index (κ3) is 1.39. The second-order valence-corrected chi connectivity index (χ2v) is 3.88. The SMILES string of the molecule is Clc1ccc(-c2ccco2)c2cccnc12. The molecule has 3 heteroatoms. The van der Waals surface area contributed by atoms with Crippen LogP contribution in [0.3, 0.4) is 0 Å². The van der Waals surface area contributed by atoms with Gasteiger partial charge in [-0.2, -0.15) is 0 Å². The third-order valence-electron chi connectivity index (χ3n) is 2.51. The Morgan fingerprint density at radius 3 is 2.81 bits per heavy atom. The van der Waals surface area contributed by atoms with Gasteiger partial charge in [-0.3, -0.25) is 4.98 Å². The molecule has 0 bridgehead atoms. The number of rotatable bonds is 1. The van der Waals surface area contributed by atoms with Crippen molar-refractivity contribution in [1.29, 1.82) is 0 Å². The quantitative estimate of drug-likeness (QED) is 0.627. The number of fused-ring (bicyclic) bond motifs is 1. The second kappa shape index (κ2) is 3.65. The molecule has 0 atom stereocenters. The van der Waals surface area contributed by atoms with Gasteiger partial charge in [-0.1, -0.05) is 17.7 Å². The summed E-state index contributed by atoms with van der Waals surface area (Å²) in [5.74, 6) is 0.828. The fraction of sp³-hybridized carbons (Fsp3) is 0. The minimum atomic E-state index is 0.658. The molecule has 0 N–H and O–H groups in total. The minimum absolute atomic E-state index is 0.658. The molecule has 78 valence electrons. The van der Waals surface area contributed by atoms with Gasteiger partial charge in [0.2, 0.25) is 0 Å². The summed E-state index contributed by atoms with van der Waals surface area (Å²) in [6, 6.07) is 11.5. The molecule has 1 aromatic carbocycles. The Hall–Kier alpha value is -1.80. The van der Waals surface area contributed by atoms with Crippen molar-refractivity contribution in [2.45, 2.75) is 0 Å². The molecule has 2 nitrogen and oxygen atoms in total. The zero-order valence-corrected chi connectivity index (χ0v) is 9.11. The van der Waals surface area contributed by atoms with Crippen LogP contribution >= 0.6 is 11.6 Å². The van der Waals surface area contributed by atoms with Crippen molar-refractivity contribution in [3.8, 4) is 11.3 Å². The molecular weight excluding hydrogens is 222 g/mol. The van der Waals surface area contributed by atoms with Crippen molar-refractivity contribution in [1.82, 2.24) is 4.98 Å². The standard InChI is InChI=1S/C13H8ClNO/c14-11-6-5-9(12-4-2-8-16-12)10-3-1-7-15-13(10)11/h1-8H. The highest BCUT2D eigenvalue weighted by Gasteiger charge is 2.08. The fourth-order valence-corrected chi connectivity index (χ4v) is 2.00. The molecule has 3 rings (SSSR count). The van der Waals surface area contributed by atoms with E-state index in [-0.39, 0.29) is 0 Å². The predicted octanol–water partition coefficient (Wildman–Crippen LogP) is 4.15. The van der Waals surface area contributed by atoms with Gasteiger partial charge in [0.05, 0.1) is 16.8 Å². The normalized spacial score (nSPS) is 10.8. The van der Waals surface area contributed by atoms with Crippen LogP contribution in [0, 0.1) is 0 Å². The first-order valence-electron chi connectivity index (χ1n) is 4.93. The monoisotopic (exact) mass is 229 g/mol. The largest absolute Gasteiger partial charge is 0.464 e. The molecule has 2 aromatic heterocycles. The molecule has 0 aliphatic carbocycles. The summed E-state index contributed by atoms with van der Waals surface area (Å²) in [6.45, 7) is 0. The summed E-state index contributed by atoms with van der Waals surface area (Å²) in [4.78, 5) is 4.28. The highest BCUT2D eigenvalue weighted by atomic mass is 35.5. The molecule has 0 aliphatic heterocycles. The number of aromatic nitrogens is 1. The van der Waals surface area contributed by atoms with E-state index in [1.807, 2.05) is 36.4 Å². The molecule has 0 saturated heterocycles. The molecule has 3 aromatic rings. The summed E-state index contributed by atoms with van der Waals surface area (Å²) in [5, 5.41) is 1.66. The maximum atomic E-state index is 6.10. The Morgan fingerprint density at radius 1 is 1.06 bits per heavy atom. The van der Waals surface area contributed by atoms with Crippen molar-refractivity contribution in [2.75, 3.05) is 0 Å². The molecule has 0 fully saturated rings. The Labute approximate surface area is 97.5 Å². The van der Waals surface area contributed by atoms with Gasteiger partial charge in [0.25, 0.3) is 0 Å². The summed E-state index contributed by atoms with van der Waals surface area (Å²) in [6.07, 6.45) is 3.40. The first-order chi connectivity index (χ1) is 7.86. The molecule has 0 saturated carbocycles. The number of benzene rings is 1. The number of pyridine rings is 1. The number of nitrogens with zero attached hydrogens (tertiary/aromatic N) is 1. The number of hydrogen-bond donors (Lipinski definition) is 0. The summed E-state index contributed by atoms with van der Waals surface area (Å²) in [5.41, 5.74) is 1.82. The van der Waals surface area contributed by atoms with Crippen LogP contribution in [0.15, 0.2) is 53.3 Å². The van der Waals surface area contributed by atoms with Gasteiger partial charge >= 0.3 is 0 Å². The molecule has 0 aliphatic rings. The van der Waals surface area contributed by atoms with Gasteiger partial charge in [-0.15, -0.1) is 0 Å². The van der Waals surface area contributed by atoms with E-state index >= 15 is 0 Å². The second-order valence-electron chi connectivity index (χ2n) is 3.47. The lowest BCUT2D eigenvalue weighted by Crippen LogP contribution is -1.83. The van der Waals surface area contributed by atoms with E-state index in [0.29, 0.717) is 5.02 Å². The van der Waals surface area contributed by atoms with Gasteiger partial charge in [0, 0.05) is 17.1 Å². The van der Waals surface area contributed by atoms with Gasteiger partial charge in [-0.05, 0) is 30.3 Å². The first kappa shape index (κ1) is 9.43. The van der Waals surface area contributed by atoms with Crippen LogP contribution in [0.2, 0.25) is 5.02 Å². The smallest absolute Gasteiger partial charge is 0.134 e. The van der Waals surface area contributed by atoms with Crippen molar-refractivity contribution in [2.24, 2.45) is 0 Å². The lowest BCUT2D eigenvalue weighted by Gasteiger charge is -2.04. The molecule has 0 radical (unpaired) electrons. The fourth-order valence-electron chi connectivity index (χ4n) is 1.78. The highest BCUT2D eigenvalue weighted by Crippen LogP contribution is 2.31. The van der Waals surface area contributed by atoms with Gasteiger partial charge < -0.3 is 4.42 Å². The lowest BCUT2D eigenvalue weighted by molar-refractivity contribution is 0.583. The van der Waals surface area contributed by atoms with E-state index in [1.165, 1.54) is 0 Å². The molecular formula is C13H8ClNO. The van der Waals surface area contributed by atoms with Crippen LogP contribution in [-0.2, 0) is 0 Å². The van der Waals surface area contributed by atoms with E-state index in [1.54, 1.807) is 12.5 Å². The van der Waals surface area contributed by atoms with Crippen LogP contribution in [0.1, 0.15) is 0 Å². The van der Waals surface area contributed by atoms with E-state index in [9.17, 15) is 0 Å². The first-order valence-corrected chi connectivity index (χ1v) is 5.31. The minimum Gasteiger partial charge on any atom is -0.464 e. The summed E-state index contributed by atoms with van der Waals surface area (Å²) in [7, 11) is 0. The lowest BCUT2D eigenvalue weighted by atomic mass is 10.1. The Kier molecular flexibility index (Phi) is 2.15. The van der Waals surface area contributed by atoms with Crippen LogP contribution < -0.4 is 0 Å². The highest BCUT2D eigenvalue weighted by molar-refractivity contribution is 6.35. The van der Waals surface area contributed by atoms with Crippen molar-refractivity contribution in [3.05, 3.63) is 53.9 Å². The van der Waals surface area contributed by atoms with Gasteiger partial charge in [0.15, 0.2) is 0 Å². The third-order valence-corrected chi connectivity index (χ3v) is 2.81. The molecule has 16 heavy (non-hydrogen) atoms. The Balaban J connectivity index is 2.39. The zero-order valence-electron chi connectivity index (χ0n) is 8.35. The molecule has 0 unspecified atom stereocenters. The van der Waals surface area contributed by atoms with E-state index in [4.69, 9.17) is 16.0 Å². The van der Waals surface area contributed by atoms with E-state index in [0.717, 1.165) is 22.2 Å². The average Bonchev–Trinajstić information content (AvgIpc) is 2.83. The predicted molar refractivity (Wildman–Crippen MR) is 64.5 cm³/mol. The number of furan rings is 1. The van der Waals surface area contributed by atoms with E-state index < -0.39 is 0 Å². The number of halogens is 1. The average molecular weight is 230 g/mol. The topological polar surface area (TPSA) is 26.0 Å². The Morgan fingerprint density at radius 2 is 2.00 bits per heavy atom. The maximum Gasteiger partial charge on any atom is 0.134 e. The number of hydrogen-bond acceptors (Lipinski definition) is 2. The molecule has 0 spiro atoms. The molecule has 2 heterocycles. The van der Waals surface area contributed by atoms with Crippen molar-refractivity contribution >= 4 is 22.5 Å². The Bertz CT molecular complexity index is 631. The van der Waals surface area contributed by atoms with Crippen molar-refractivity contribution < 1.29 is 4.42 Å². The van der Waals surface area contributed by atoms with Gasteiger partial charge in [-0.25, -0.2) is 0 Å². The maximum absolute atomic E-state index is 6.10. The molecule has 0 amide bonds. The van der Waals surface area contributed by atoms with Crippen LogP contribution in [0.25, 0.3) is 22.2 Å². The summed E-state index contributed by atoms with van der Waals surface area (Å²) < 4.78 is 5.40. The van der Waals surface area contributed by atoms with Gasteiger partial charge in [0.1, 0.15) is 5.76 Å². The van der Waals surface area contributed by atoms with Crippen molar-refractivity contribution in [3.63, 3.8) is 0 Å².